The zero-order valence-corrected chi connectivity index (χ0v) is 24.5. The Morgan fingerprint density at radius 3 is 1.80 bits per heavy atom. The first-order chi connectivity index (χ1) is 22.8. The van der Waals surface area contributed by atoms with Crippen LogP contribution >= 0.6 is 0 Å². The SMILES string of the molecule is c1cnc(-c2ccc3ccc(-c4ccc5ccc(-c6ccc(-c7ccnc8c7ccc7cccnc78)cc6)cc5n4)cc3n2)nc1. The van der Waals surface area contributed by atoms with E-state index in [4.69, 9.17) is 9.97 Å². The number of rotatable bonds is 4. The van der Waals surface area contributed by atoms with Crippen LogP contribution in [-0.2, 0) is 0 Å². The highest BCUT2D eigenvalue weighted by Gasteiger charge is 2.11. The fourth-order valence-electron chi connectivity index (χ4n) is 6.14. The summed E-state index contributed by atoms with van der Waals surface area (Å²) in [5.41, 5.74) is 10.9. The third kappa shape index (κ3) is 4.52. The Morgan fingerprint density at radius 2 is 0.978 bits per heavy atom. The molecule has 5 aromatic heterocycles. The van der Waals surface area contributed by atoms with Crippen molar-refractivity contribution in [1.82, 2.24) is 29.9 Å². The molecule has 0 spiro atoms. The second-order valence-corrected chi connectivity index (χ2v) is 11.3. The second-order valence-electron chi connectivity index (χ2n) is 11.3. The van der Waals surface area contributed by atoms with Gasteiger partial charge in [-0.05, 0) is 64.7 Å². The number of aromatic nitrogens is 6. The molecule has 0 bridgehead atoms. The lowest BCUT2D eigenvalue weighted by molar-refractivity contribution is 1.15. The van der Waals surface area contributed by atoms with E-state index in [0.29, 0.717) is 5.82 Å². The van der Waals surface area contributed by atoms with Crippen LogP contribution in [0.25, 0.3) is 88.6 Å². The van der Waals surface area contributed by atoms with E-state index in [-0.39, 0.29) is 0 Å². The third-order valence-corrected chi connectivity index (χ3v) is 8.49. The topological polar surface area (TPSA) is 77.3 Å². The van der Waals surface area contributed by atoms with Gasteiger partial charge in [0.1, 0.15) is 5.69 Å². The quantitative estimate of drug-likeness (QED) is 0.191. The first-order valence-corrected chi connectivity index (χ1v) is 15.1. The molecule has 214 valence electrons. The Hall–Kier alpha value is -6.40. The van der Waals surface area contributed by atoms with Crippen molar-refractivity contribution in [3.63, 3.8) is 0 Å². The summed E-state index contributed by atoms with van der Waals surface area (Å²) in [6.45, 7) is 0. The Kier molecular flexibility index (Phi) is 6.03. The van der Waals surface area contributed by atoms with Crippen LogP contribution in [0.4, 0.5) is 0 Å². The Balaban J connectivity index is 1.05. The summed E-state index contributed by atoms with van der Waals surface area (Å²) in [4.78, 5) is 27.9. The largest absolute Gasteiger partial charge is 0.254 e. The van der Waals surface area contributed by atoms with Crippen molar-refractivity contribution in [3.8, 4) is 45.0 Å². The van der Waals surface area contributed by atoms with E-state index < -0.39 is 0 Å². The predicted octanol–water partition coefficient (Wildman–Crippen LogP) is 9.34. The average Bonchev–Trinajstić information content (AvgIpc) is 3.14. The number of hydrogen-bond donors (Lipinski definition) is 0. The van der Waals surface area contributed by atoms with Crippen LogP contribution in [0.5, 0.6) is 0 Å². The van der Waals surface area contributed by atoms with Crippen LogP contribution < -0.4 is 0 Å². The van der Waals surface area contributed by atoms with Gasteiger partial charge in [0.25, 0.3) is 0 Å². The maximum Gasteiger partial charge on any atom is 0.178 e. The van der Waals surface area contributed by atoms with Gasteiger partial charge in [0, 0.05) is 51.9 Å². The molecule has 0 amide bonds. The first-order valence-electron chi connectivity index (χ1n) is 15.1. The van der Waals surface area contributed by atoms with Gasteiger partial charge in [0.15, 0.2) is 5.82 Å². The number of fused-ring (bicyclic) bond motifs is 5. The normalized spacial score (nSPS) is 11.5. The van der Waals surface area contributed by atoms with E-state index >= 15 is 0 Å². The molecular formula is C40H24N6. The third-order valence-electron chi connectivity index (χ3n) is 8.49. The van der Waals surface area contributed by atoms with Crippen molar-refractivity contribution in [1.29, 1.82) is 0 Å². The second kappa shape index (κ2) is 10.6. The van der Waals surface area contributed by atoms with Crippen LogP contribution in [0.15, 0.2) is 146 Å². The molecule has 5 heterocycles. The lowest BCUT2D eigenvalue weighted by Crippen LogP contribution is -1.92. The van der Waals surface area contributed by atoms with Gasteiger partial charge in [-0.2, -0.15) is 0 Å². The minimum absolute atomic E-state index is 0.610. The van der Waals surface area contributed by atoms with Gasteiger partial charge < -0.3 is 0 Å². The zero-order valence-electron chi connectivity index (χ0n) is 24.5. The molecule has 0 radical (unpaired) electrons. The van der Waals surface area contributed by atoms with E-state index in [0.717, 1.165) is 82.8 Å². The van der Waals surface area contributed by atoms with Crippen LogP contribution in [-0.4, -0.2) is 29.9 Å². The van der Waals surface area contributed by atoms with Crippen LogP contribution in [0, 0.1) is 0 Å². The Labute approximate surface area is 264 Å². The van der Waals surface area contributed by atoms with Crippen molar-refractivity contribution < 1.29 is 0 Å². The van der Waals surface area contributed by atoms with E-state index in [1.807, 2.05) is 24.5 Å². The molecule has 0 fully saturated rings. The smallest absolute Gasteiger partial charge is 0.178 e. The first kappa shape index (κ1) is 26.0. The van der Waals surface area contributed by atoms with Crippen LogP contribution in [0.1, 0.15) is 0 Å². The molecule has 9 rings (SSSR count). The van der Waals surface area contributed by atoms with Gasteiger partial charge >= 0.3 is 0 Å². The summed E-state index contributed by atoms with van der Waals surface area (Å²) in [5.74, 6) is 0.610. The highest BCUT2D eigenvalue weighted by atomic mass is 14.9. The summed E-state index contributed by atoms with van der Waals surface area (Å²) in [6.07, 6.45) is 7.15. The number of benzene rings is 4. The molecule has 0 aliphatic heterocycles. The van der Waals surface area contributed by atoms with Crippen molar-refractivity contribution in [2.24, 2.45) is 0 Å². The maximum absolute atomic E-state index is 5.08. The molecular weight excluding hydrogens is 564 g/mol. The monoisotopic (exact) mass is 588 g/mol. The van der Waals surface area contributed by atoms with E-state index in [2.05, 4.69) is 123 Å². The highest BCUT2D eigenvalue weighted by Crippen LogP contribution is 2.33. The lowest BCUT2D eigenvalue weighted by Gasteiger charge is -2.10. The molecule has 0 saturated heterocycles. The van der Waals surface area contributed by atoms with Gasteiger partial charge in [-0.25, -0.2) is 19.9 Å². The van der Waals surface area contributed by atoms with Crippen LogP contribution in [0.2, 0.25) is 0 Å². The van der Waals surface area contributed by atoms with Gasteiger partial charge in [-0.1, -0.05) is 78.9 Å². The van der Waals surface area contributed by atoms with Crippen molar-refractivity contribution in [2.75, 3.05) is 0 Å². The van der Waals surface area contributed by atoms with Crippen molar-refractivity contribution in [3.05, 3.63) is 146 Å². The summed E-state index contributed by atoms with van der Waals surface area (Å²) >= 11 is 0. The lowest BCUT2D eigenvalue weighted by atomic mass is 9.97. The number of hydrogen-bond acceptors (Lipinski definition) is 6. The molecule has 46 heavy (non-hydrogen) atoms. The number of pyridine rings is 4. The fraction of sp³-hybridized carbons (Fsp3) is 0. The van der Waals surface area contributed by atoms with Gasteiger partial charge in [-0.15, -0.1) is 0 Å². The molecule has 0 saturated carbocycles. The summed E-state index contributed by atoms with van der Waals surface area (Å²) < 4.78 is 0. The fourth-order valence-corrected chi connectivity index (χ4v) is 6.14. The van der Waals surface area contributed by atoms with E-state index in [9.17, 15) is 0 Å². The Morgan fingerprint density at radius 1 is 0.370 bits per heavy atom. The predicted molar refractivity (Wildman–Crippen MR) is 185 cm³/mol. The molecule has 6 heteroatoms. The van der Waals surface area contributed by atoms with Crippen molar-refractivity contribution in [2.45, 2.75) is 0 Å². The molecule has 0 aliphatic carbocycles. The van der Waals surface area contributed by atoms with Crippen molar-refractivity contribution >= 4 is 43.6 Å². The molecule has 4 aromatic carbocycles. The molecule has 0 N–H and O–H groups in total. The Bertz CT molecular complexity index is 2580. The summed E-state index contributed by atoms with van der Waals surface area (Å²) in [6, 6.07) is 41.8. The molecule has 0 unspecified atom stereocenters. The van der Waals surface area contributed by atoms with Gasteiger partial charge in [0.05, 0.1) is 27.8 Å². The van der Waals surface area contributed by atoms with Gasteiger partial charge in [-0.3, -0.25) is 9.97 Å². The minimum atomic E-state index is 0.610. The molecule has 0 aliphatic rings. The van der Waals surface area contributed by atoms with Gasteiger partial charge in [0.2, 0.25) is 0 Å². The summed E-state index contributed by atoms with van der Waals surface area (Å²) in [7, 11) is 0. The summed E-state index contributed by atoms with van der Waals surface area (Å²) in [5, 5.41) is 4.33. The van der Waals surface area contributed by atoms with Crippen LogP contribution in [0.3, 0.4) is 0 Å². The minimum Gasteiger partial charge on any atom is -0.254 e. The van der Waals surface area contributed by atoms with E-state index in [1.165, 1.54) is 0 Å². The zero-order chi connectivity index (χ0) is 30.5. The molecule has 6 nitrogen and oxygen atoms in total. The average molecular weight is 589 g/mol. The van der Waals surface area contributed by atoms with E-state index in [1.54, 1.807) is 18.5 Å². The molecule has 9 aromatic rings. The standard InChI is InChI=1S/C40H24N6/c1-3-29-12-15-33-32(18-22-42-39(33)38(29)41-19-1)26-6-4-25(5-7-26)30-10-8-27-13-16-34(45-36(27)23-30)31-11-9-28-14-17-35(46-37(28)24-31)40-43-20-2-21-44-40/h1-24H. The maximum atomic E-state index is 5.08. The highest BCUT2D eigenvalue weighted by molar-refractivity contribution is 6.08. The number of nitrogens with zero attached hydrogens (tertiary/aromatic N) is 6. The molecule has 0 atom stereocenters.